The number of para-hydroxylation sites is 1. The van der Waals surface area contributed by atoms with Crippen molar-refractivity contribution in [1.82, 2.24) is 14.4 Å². The lowest BCUT2D eigenvalue weighted by molar-refractivity contribution is 0.234. The summed E-state index contributed by atoms with van der Waals surface area (Å²) in [5, 5.41) is 3.77. The second-order valence-electron chi connectivity index (χ2n) is 5.21. The molecule has 9 heteroatoms. The Hall–Kier alpha value is -2.00. The Morgan fingerprint density at radius 3 is 2.79 bits per heavy atom. The highest BCUT2D eigenvalue weighted by molar-refractivity contribution is 7.89. The fraction of sp³-hybridized carbons (Fsp3) is 0.467. The number of ether oxygens (including phenoxy) is 1. The van der Waals surface area contributed by atoms with Crippen molar-refractivity contribution < 1.29 is 22.1 Å². The molecule has 0 saturated carbocycles. The van der Waals surface area contributed by atoms with Gasteiger partial charge in [0.05, 0.1) is 5.75 Å². The topological polar surface area (TPSA) is 85.5 Å². The second-order valence-corrected chi connectivity index (χ2v) is 7.41. The molecule has 0 atom stereocenters. The van der Waals surface area contributed by atoms with Crippen LogP contribution in [0.5, 0.6) is 5.75 Å². The predicted octanol–water partition coefficient (Wildman–Crippen LogP) is 2.00. The number of sulfonamides is 1. The summed E-state index contributed by atoms with van der Waals surface area (Å²) in [6.45, 7) is 2.01. The molecular formula is C15H20FN3O4S. The molecule has 1 heterocycles. The number of hydrogen-bond acceptors (Lipinski definition) is 6. The summed E-state index contributed by atoms with van der Waals surface area (Å²) in [7, 11) is -1.72. The maximum Gasteiger partial charge on any atom is 0.264 e. The lowest BCUT2D eigenvalue weighted by Crippen LogP contribution is -2.31. The molecule has 2 aromatic rings. The summed E-state index contributed by atoms with van der Waals surface area (Å²) in [6, 6.07) is 6.02. The van der Waals surface area contributed by atoms with Crippen molar-refractivity contribution >= 4 is 10.0 Å². The van der Waals surface area contributed by atoms with E-state index in [0.717, 1.165) is 0 Å². The quantitative estimate of drug-likeness (QED) is 0.682. The molecule has 0 aliphatic rings. The molecule has 1 aromatic heterocycles. The van der Waals surface area contributed by atoms with Crippen molar-refractivity contribution in [2.75, 3.05) is 19.3 Å². The molecule has 2 rings (SSSR count). The van der Waals surface area contributed by atoms with Crippen molar-refractivity contribution in [3.63, 3.8) is 0 Å². The van der Waals surface area contributed by atoms with Gasteiger partial charge in [-0.25, -0.2) is 17.1 Å². The third-order valence-corrected chi connectivity index (χ3v) is 5.34. The molecule has 0 aliphatic heterocycles. The first-order valence-electron chi connectivity index (χ1n) is 7.55. The summed E-state index contributed by atoms with van der Waals surface area (Å²) < 4.78 is 48.7. The van der Waals surface area contributed by atoms with E-state index in [1.807, 2.05) is 6.92 Å². The van der Waals surface area contributed by atoms with Crippen LogP contribution >= 0.6 is 0 Å². The molecule has 7 nitrogen and oxygen atoms in total. The molecule has 0 bridgehead atoms. The Bertz CT molecular complexity index is 764. The van der Waals surface area contributed by atoms with E-state index in [1.54, 1.807) is 12.1 Å². The summed E-state index contributed by atoms with van der Waals surface area (Å²) >= 11 is 0. The van der Waals surface area contributed by atoms with Crippen molar-refractivity contribution in [1.29, 1.82) is 0 Å². The maximum atomic E-state index is 13.4. The Kier molecular flexibility index (Phi) is 6.27. The molecule has 0 amide bonds. The molecule has 1 aromatic carbocycles. The highest BCUT2D eigenvalue weighted by Crippen LogP contribution is 2.16. The SMILES string of the molecule is CCCS(=O)(=O)N(C)CCc1noc(COc2ccccc2F)n1. The average molecular weight is 357 g/mol. The Labute approximate surface area is 140 Å². The van der Waals surface area contributed by atoms with Gasteiger partial charge in [0.15, 0.2) is 24.0 Å². The first-order chi connectivity index (χ1) is 11.4. The highest BCUT2D eigenvalue weighted by atomic mass is 32.2. The lowest BCUT2D eigenvalue weighted by Gasteiger charge is -2.15. The van der Waals surface area contributed by atoms with Crippen LogP contribution in [0.2, 0.25) is 0 Å². The second kappa shape index (κ2) is 8.20. The van der Waals surface area contributed by atoms with Gasteiger partial charge in [-0.1, -0.05) is 24.2 Å². The van der Waals surface area contributed by atoms with Crippen LogP contribution in [-0.2, 0) is 23.1 Å². The number of likely N-dealkylation sites (N-methyl/N-ethyl adjacent to an activating group) is 1. The molecule has 0 N–H and O–H groups in total. The van der Waals surface area contributed by atoms with E-state index >= 15 is 0 Å². The standard InChI is InChI=1S/C15H20FN3O4S/c1-3-10-24(20,21)19(2)9-8-14-17-15(23-18-14)11-22-13-7-5-4-6-12(13)16/h4-7H,3,8-11H2,1-2H3. The molecule has 0 spiro atoms. The van der Waals surface area contributed by atoms with Gasteiger partial charge >= 0.3 is 0 Å². The number of benzene rings is 1. The molecule has 0 fully saturated rings. The largest absolute Gasteiger partial charge is 0.481 e. The fourth-order valence-electron chi connectivity index (χ4n) is 1.96. The number of aromatic nitrogens is 2. The van der Waals surface area contributed by atoms with Crippen LogP contribution in [0.25, 0.3) is 0 Å². The van der Waals surface area contributed by atoms with Crippen LogP contribution in [0.1, 0.15) is 25.1 Å². The number of nitrogens with zero attached hydrogens (tertiary/aromatic N) is 3. The van der Waals surface area contributed by atoms with E-state index in [-0.39, 0.29) is 30.5 Å². The van der Waals surface area contributed by atoms with Crippen LogP contribution in [0, 0.1) is 5.82 Å². The maximum absolute atomic E-state index is 13.4. The van der Waals surface area contributed by atoms with Crippen LogP contribution in [-0.4, -0.2) is 42.2 Å². The van der Waals surface area contributed by atoms with Gasteiger partial charge in [-0.15, -0.1) is 0 Å². The average Bonchev–Trinajstić information content (AvgIpc) is 2.99. The summed E-state index contributed by atoms with van der Waals surface area (Å²) in [5.74, 6) is 0.313. The number of halogens is 1. The van der Waals surface area contributed by atoms with Crippen LogP contribution in [0.15, 0.2) is 28.8 Å². The zero-order valence-electron chi connectivity index (χ0n) is 13.6. The third-order valence-electron chi connectivity index (χ3n) is 3.29. The molecule has 0 radical (unpaired) electrons. The van der Waals surface area contributed by atoms with E-state index in [1.165, 1.54) is 23.5 Å². The van der Waals surface area contributed by atoms with Gasteiger partial charge in [-0.3, -0.25) is 0 Å². The van der Waals surface area contributed by atoms with Crippen molar-refractivity contribution in [2.45, 2.75) is 26.4 Å². The molecule has 0 aliphatic carbocycles. The van der Waals surface area contributed by atoms with Gasteiger partial charge in [0.1, 0.15) is 0 Å². The summed E-state index contributed by atoms with van der Waals surface area (Å²) in [5.41, 5.74) is 0. The number of rotatable bonds is 9. The highest BCUT2D eigenvalue weighted by Gasteiger charge is 2.17. The monoisotopic (exact) mass is 357 g/mol. The van der Waals surface area contributed by atoms with E-state index in [0.29, 0.717) is 18.7 Å². The minimum atomic E-state index is -3.24. The Balaban J connectivity index is 1.86. The third kappa shape index (κ3) is 5.00. The van der Waals surface area contributed by atoms with Gasteiger partial charge in [-0.05, 0) is 18.6 Å². The first-order valence-corrected chi connectivity index (χ1v) is 9.16. The normalized spacial score (nSPS) is 11.8. The molecule has 132 valence electrons. The van der Waals surface area contributed by atoms with Crippen molar-refractivity contribution in [3.05, 3.63) is 41.8 Å². The van der Waals surface area contributed by atoms with Crippen molar-refractivity contribution in [3.8, 4) is 5.75 Å². The molecule has 0 unspecified atom stereocenters. The molecule has 0 saturated heterocycles. The van der Waals surface area contributed by atoms with Gasteiger partial charge in [-0.2, -0.15) is 4.98 Å². The predicted molar refractivity (Wildman–Crippen MR) is 85.4 cm³/mol. The summed E-state index contributed by atoms with van der Waals surface area (Å²) in [6.07, 6.45) is 0.884. The zero-order chi connectivity index (χ0) is 17.6. The Morgan fingerprint density at radius 2 is 2.08 bits per heavy atom. The smallest absolute Gasteiger partial charge is 0.264 e. The minimum absolute atomic E-state index is 0.0576. The van der Waals surface area contributed by atoms with E-state index < -0.39 is 15.8 Å². The van der Waals surface area contributed by atoms with Crippen LogP contribution in [0.3, 0.4) is 0 Å². The fourth-order valence-corrected chi connectivity index (χ4v) is 3.16. The zero-order valence-corrected chi connectivity index (χ0v) is 14.4. The van der Waals surface area contributed by atoms with Crippen LogP contribution in [0.4, 0.5) is 4.39 Å². The van der Waals surface area contributed by atoms with Crippen LogP contribution < -0.4 is 4.74 Å². The summed E-state index contributed by atoms with van der Waals surface area (Å²) in [4.78, 5) is 4.11. The van der Waals surface area contributed by atoms with E-state index in [2.05, 4.69) is 10.1 Å². The molecule has 24 heavy (non-hydrogen) atoms. The van der Waals surface area contributed by atoms with Crippen molar-refractivity contribution in [2.24, 2.45) is 0 Å². The van der Waals surface area contributed by atoms with E-state index in [4.69, 9.17) is 9.26 Å². The van der Waals surface area contributed by atoms with Gasteiger partial charge in [0, 0.05) is 20.0 Å². The lowest BCUT2D eigenvalue weighted by atomic mass is 10.3. The number of hydrogen-bond donors (Lipinski definition) is 0. The first kappa shape index (κ1) is 18.3. The van der Waals surface area contributed by atoms with Gasteiger partial charge in [0.25, 0.3) is 5.89 Å². The van der Waals surface area contributed by atoms with Gasteiger partial charge in [0.2, 0.25) is 10.0 Å². The van der Waals surface area contributed by atoms with E-state index in [9.17, 15) is 12.8 Å². The van der Waals surface area contributed by atoms with Gasteiger partial charge < -0.3 is 9.26 Å². The minimum Gasteiger partial charge on any atom is -0.481 e. The Morgan fingerprint density at radius 1 is 1.33 bits per heavy atom. The molecular weight excluding hydrogens is 337 g/mol.